The van der Waals surface area contributed by atoms with Crippen LogP contribution in [0.3, 0.4) is 0 Å². The molecular weight excluding hydrogens is 266 g/mol. The molecule has 6 heteroatoms. The van der Waals surface area contributed by atoms with Gasteiger partial charge in [-0.15, -0.1) is 11.3 Å². The third-order valence-electron chi connectivity index (χ3n) is 2.32. The lowest BCUT2D eigenvalue weighted by Crippen LogP contribution is -2.35. The fraction of sp³-hybridized carbons (Fsp3) is 0.462. The summed E-state index contributed by atoms with van der Waals surface area (Å²) in [5.41, 5.74) is 0.500. The van der Waals surface area contributed by atoms with Crippen LogP contribution in [0.4, 0.5) is 0 Å². The maximum absolute atomic E-state index is 12.1. The molecule has 19 heavy (non-hydrogen) atoms. The zero-order chi connectivity index (χ0) is 14.1. The lowest BCUT2D eigenvalue weighted by atomic mass is 10.2. The first-order valence-corrected chi connectivity index (χ1v) is 6.80. The van der Waals surface area contributed by atoms with Gasteiger partial charge in [-0.2, -0.15) is 0 Å². The number of thiophene rings is 1. The van der Waals surface area contributed by atoms with Crippen molar-refractivity contribution in [2.75, 3.05) is 32.9 Å². The number of carbonyl (C=O) groups is 1. The standard InChI is InChI=1S/C13H17NO4S/c15-6-2-1-3-12-9-11(10-19-12)13(18)14(4-7-16)5-8-17/h9-10,15-17H,2,4-8H2. The molecule has 104 valence electrons. The lowest BCUT2D eigenvalue weighted by molar-refractivity contribution is 0.0685. The number of amides is 1. The summed E-state index contributed by atoms with van der Waals surface area (Å²) in [4.78, 5) is 14.2. The van der Waals surface area contributed by atoms with Gasteiger partial charge >= 0.3 is 0 Å². The van der Waals surface area contributed by atoms with Crippen molar-refractivity contribution in [1.29, 1.82) is 0 Å². The average molecular weight is 283 g/mol. The molecule has 1 rings (SSSR count). The van der Waals surface area contributed by atoms with Crippen LogP contribution in [0.15, 0.2) is 11.4 Å². The minimum absolute atomic E-state index is 0.0188. The Morgan fingerprint density at radius 2 is 1.89 bits per heavy atom. The van der Waals surface area contributed by atoms with Crippen molar-refractivity contribution in [2.24, 2.45) is 0 Å². The monoisotopic (exact) mass is 283 g/mol. The summed E-state index contributed by atoms with van der Waals surface area (Å²) in [6.07, 6.45) is 0.405. The van der Waals surface area contributed by atoms with Crippen molar-refractivity contribution in [3.05, 3.63) is 21.9 Å². The van der Waals surface area contributed by atoms with Gasteiger partial charge in [-0.1, -0.05) is 11.8 Å². The second-order valence-corrected chi connectivity index (χ2v) is 4.63. The van der Waals surface area contributed by atoms with Gasteiger partial charge in [-0.3, -0.25) is 4.79 Å². The van der Waals surface area contributed by atoms with E-state index in [1.54, 1.807) is 11.4 Å². The highest BCUT2D eigenvalue weighted by Gasteiger charge is 2.15. The molecular formula is C13H17NO4S. The van der Waals surface area contributed by atoms with E-state index in [-0.39, 0.29) is 38.8 Å². The fourth-order valence-corrected chi connectivity index (χ4v) is 2.21. The van der Waals surface area contributed by atoms with Crippen LogP contribution >= 0.6 is 11.3 Å². The predicted octanol–water partition coefficient (Wildman–Crippen LogP) is -0.0912. The number of hydrogen-bond donors (Lipinski definition) is 3. The van der Waals surface area contributed by atoms with Gasteiger partial charge in [0, 0.05) is 24.9 Å². The molecule has 1 heterocycles. The third-order valence-corrected chi connectivity index (χ3v) is 3.17. The van der Waals surface area contributed by atoms with E-state index in [0.29, 0.717) is 12.0 Å². The van der Waals surface area contributed by atoms with Gasteiger partial charge < -0.3 is 20.2 Å². The molecule has 0 spiro atoms. The molecule has 0 atom stereocenters. The zero-order valence-corrected chi connectivity index (χ0v) is 11.3. The summed E-state index contributed by atoms with van der Waals surface area (Å²) in [6, 6.07) is 1.68. The second kappa shape index (κ2) is 8.67. The summed E-state index contributed by atoms with van der Waals surface area (Å²) in [5.74, 6) is 5.42. The molecule has 0 aliphatic heterocycles. The smallest absolute Gasteiger partial charge is 0.254 e. The van der Waals surface area contributed by atoms with Crippen molar-refractivity contribution in [3.8, 4) is 11.8 Å². The Bertz CT molecular complexity index is 455. The fourth-order valence-electron chi connectivity index (χ4n) is 1.46. The van der Waals surface area contributed by atoms with Crippen molar-refractivity contribution in [3.63, 3.8) is 0 Å². The Morgan fingerprint density at radius 1 is 1.21 bits per heavy atom. The summed E-state index contributed by atoms with van der Waals surface area (Å²) in [7, 11) is 0. The number of nitrogens with zero attached hydrogens (tertiary/aromatic N) is 1. The Balaban J connectivity index is 2.74. The molecule has 0 unspecified atom stereocenters. The highest BCUT2D eigenvalue weighted by molar-refractivity contribution is 7.10. The molecule has 1 amide bonds. The molecule has 0 aliphatic rings. The van der Waals surface area contributed by atoms with Crippen LogP contribution in [0.25, 0.3) is 0 Å². The summed E-state index contributed by atoms with van der Waals surface area (Å²) < 4.78 is 0. The van der Waals surface area contributed by atoms with Gasteiger partial charge in [0.15, 0.2) is 0 Å². The van der Waals surface area contributed by atoms with Crippen LogP contribution in [0.1, 0.15) is 21.7 Å². The summed E-state index contributed by atoms with van der Waals surface area (Å²) in [6.45, 7) is 0.130. The van der Waals surface area contributed by atoms with E-state index in [1.165, 1.54) is 16.2 Å². The molecule has 0 bridgehead atoms. The quantitative estimate of drug-likeness (QED) is 0.637. The van der Waals surface area contributed by atoms with Gasteiger partial charge in [0.05, 0.1) is 30.3 Å². The summed E-state index contributed by atoms with van der Waals surface area (Å²) in [5, 5.41) is 28.1. The van der Waals surface area contributed by atoms with E-state index < -0.39 is 0 Å². The molecule has 0 saturated heterocycles. The maximum atomic E-state index is 12.1. The molecule has 0 saturated carbocycles. The van der Waals surface area contributed by atoms with Crippen LogP contribution < -0.4 is 0 Å². The molecule has 0 aromatic carbocycles. The van der Waals surface area contributed by atoms with Crippen molar-refractivity contribution >= 4 is 17.2 Å². The minimum atomic E-state index is -0.227. The van der Waals surface area contributed by atoms with E-state index >= 15 is 0 Å². The Labute approximate surface area is 116 Å². The summed E-state index contributed by atoms with van der Waals surface area (Å²) >= 11 is 1.35. The molecule has 0 aliphatic carbocycles. The van der Waals surface area contributed by atoms with Crippen LogP contribution in [-0.4, -0.2) is 59.0 Å². The molecule has 5 nitrogen and oxygen atoms in total. The average Bonchev–Trinajstić information content (AvgIpc) is 2.87. The number of hydrogen-bond acceptors (Lipinski definition) is 5. The highest BCUT2D eigenvalue weighted by atomic mass is 32.1. The van der Waals surface area contributed by atoms with Crippen molar-refractivity contribution in [1.82, 2.24) is 4.90 Å². The van der Waals surface area contributed by atoms with Gasteiger partial charge in [0.25, 0.3) is 5.91 Å². The van der Waals surface area contributed by atoms with E-state index in [2.05, 4.69) is 11.8 Å². The molecule has 1 aromatic heterocycles. The number of aliphatic hydroxyl groups excluding tert-OH is 3. The minimum Gasteiger partial charge on any atom is -0.395 e. The topological polar surface area (TPSA) is 81.0 Å². The Hall–Kier alpha value is -1.39. The largest absolute Gasteiger partial charge is 0.395 e. The molecule has 3 N–H and O–H groups in total. The van der Waals surface area contributed by atoms with Crippen molar-refractivity contribution < 1.29 is 20.1 Å². The molecule has 1 aromatic rings. The first kappa shape index (κ1) is 15.7. The third kappa shape index (κ3) is 5.01. The highest BCUT2D eigenvalue weighted by Crippen LogP contribution is 2.15. The lowest BCUT2D eigenvalue weighted by Gasteiger charge is -2.19. The zero-order valence-electron chi connectivity index (χ0n) is 10.5. The van der Waals surface area contributed by atoms with Crippen LogP contribution in [0.5, 0.6) is 0 Å². The van der Waals surface area contributed by atoms with E-state index in [9.17, 15) is 4.79 Å². The van der Waals surface area contributed by atoms with Gasteiger partial charge in [0.2, 0.25) is 0 Å². The maximum Gasteiger partial charge on any atom is 0.254 e. The van der Waals surface area contributed by atoms with Crippen LogP contribution in [-0.2, 0) is 0 Å². The SMILES string of the molecule is O=C(c1csc(C#CCCO)c1)N(CCO)CCO. The predicted molar refractivity (Wildman–Crippen MR) is 73.0 cm³/mol. The van der Waals surface area contributed by atoms with E-state index in [4.69, 9.17) is 15.3 Å². The first-order valence-electron chi connectivity index (χ1n) is 5.92. The number of rotatable bonds is 6. The Morgan fingerprint density at radius 3 is 2.47 bits per heavy atom. The second-order valence-electron chi connectivity index (χ2n) is 3.71. The van der Waals surface area contributed by atoms with E-state index in [1.807, 2.05) is 0 Å². The van der Waals surface area contributed by atoms with Gasteiger partial charge in [-0.25, -0.2) is 0 Å². The Kier molecular flexibility index (Phi) is 7.15. The van der Waals surface area contributed by atoms with Crippen LogP contribution in [0, 0.1) is 11.8 Å². The molecule has 0 fully saturated rings. The van der Waals surface area contributed by atoms with E-state index in [0.717, 1.165) is 4.88 Å². The van der Waals surface area contributed by atoms with Crippen LogP contribution in [0.2, 0.25) is 0 Å². The first-order chi connectivity index (χ1) is 9.22. The van der Waals surface area contributed by atoms with Crippen molar-refractivity contribution in [2.45, 2.75) is 6.42 Å². The normalized spacial score (nSPS) is 9.84. The van der Waals surface area contributed by atoms with Gasteiger partial charge in [0.1, 0.15) is 0 Å². The number of carbonyl (C=O) groups excluding carboxylic acids is 1. The number of aliphatic hydroxyl groups is 3. The van der Waals surface area contributed by atoms with Gasteiger partial charge in [-0.05, 0) is 6.07 Å². The molecule has 0 radical (unpaired) electrons.